The summed E-state index contributed by atoms with van der Waals surface area (Å²) in [6, 6.07) is 13.9. The van der Waals surface area contributed by atoms with E-state index in [-0.39, 0.29) is 5.91 Å². The molecule has 1 aromatic carbocycles. The number of ether oxygens (including phenoxy) is 1. The number of carbonyl (C=O) groups excluding carboxylic acids is 1. The molecule has 7 heteroatoms. The maximum absolute atomic E-state index is 12.5. The maximum Gasteiger partial charge on any atom is 0.275 e. The lowest BCUT2D eigenvalue weighted by atomic mass is 10.2. The van der Waals surface area contributed by atoms with Crippen LogP contribution >= 0.6 is 11.3 Å². The number of nitrogens with one attached hydrogen (secondary N) is 1. The molecule has 0 atom stereocenters. The van der Waals surface area contributed by atoms with Crippen LogP contribution in [0.2, 0.25) is 0 Å². The van der Waals surface area contributed by atoms with E-state index in [0.29, 0.717) is 18.0 Å². The second-order valence-electron chi connectivity index (χ2n) is 5.97. The van der Waals surface area contributed by atoms with Gasteiger partial charge in [-0.15, -0.1) is 11.3 Å². The van der Waals surface area contributed by atoms with Gasteiger partial charge in [0.15, 0.2) is 0 Å². The van der Waals surface area contributed by atoms with Gasteiger partial charge in [-0.25, -0.2) is 4.98 Å². The third-order valence-corrected chi connectivity index (χ3v) is 5.07. The second kappa shape index (κ2) is 7.69. The second-order valence-corrected chi connectivity index (χ2v) is 6.82. The Hall–Kier alpha value is -3.03. The maximum atomic E-state index is 12.5. The molecule has 0 saturated carbocycles. The van der Waals surface area contributed by atoms with E-state index in [1.165, 1.54) is 11.3 Å². The molecule has 136 valence electrons. The van der Waals surface area contributed by atoms with Gasteiger partial charge in [0, 0.05) is 36.1 Å². The van der Waals surface area contributed by atoms with Gasteiger partial charge in [-0.3, -0.25) is 9.78 Å². The van der Waals surface area contributed by atoms with Crippen molar-refractivity contribution in [2.24, 2.45) is 0 Å². The number of benzene rings is 1. The molecule has 6 nitrogen and oxygen atoms in total. The Morgan fingerprint density at radius 1 is 1.26 bits per heavy atom. The normalized spacial score (nSPS) is 11.0. The zero-order valence-electron chi connectivity index (χ0n) is 14.8. The summed E-state index contributed by atoms with van der Waals surface area (Å²) in [7, 11) is 1.69. The minimum atomic E-state index is -0.245. The Kier molecular flexibility index (Phi) is 4.95. The number of hydrogen-bond acceptors (Lipinski definition) is 5. The van der Waals surface area contributed by atoms with Crippen LogP contribution in [0.3, 0.4) is 0 Å². The van der Waals surface area contributed by atoms with Crippen LogP contribution in [-0.4, -0.2) is 34.2 Å². The number of methoxy groups -OCH3 is 1. The van der Waals surface area contributed by atoms with E-state index in [1.807, 2.05) is 12.1 Å². The zero-order chi connectivity index (χ0) is 18.6. The van der Waals surface area contributed by atoms with E-state index in [4.69, 9.17) is 4.74 Å². The number of carbonyl (C=O) groups is 1. The summed E-state index contributed by atoms with van der Waals surface area (Å²) in [5, 5.41) is 6.53. The topological polar surface area (TPSA) is 69.0 Å². The molecular formula is C20H18N4O2S. The lowest BCUT2D eigenvalue weighted by molar-refractivity contribution is 0.102. The van der Waals surface area contributed by atoms with Crippen LogP contribution in [0.5, 0.6) is 0 Å². The highest BCUT2D eigenvalue weighted by Crippen LogP contribution is 2.30. The van der Waals surface area contributed by atoms with Crippen LogP contribution < -0.4 is 5.32 Å². The molecule has 0 spiro atoms. The molecule has 0 saturated heterocycles. The highest BCUT2D eigenvalue weighted by molar-refractivity contribution is 7.13. The smallest absolute Gasteiger partial charge is 0.275 e. The van der Waals surface area contributed by atoms with Crippen molar-refractivity contribution in [3.8, 4) is 10.7 Å². The number of thiazole rings is 1. The summed E-state index contributed by atoms with van der Waals surface area (Å²) in [6.07, 6.45) is 3.27. The number of pyridine rings is 1. The monoisotopic (exact) mass is 378 g/mol. The van der Waals surface area contributed by atoms with Gasteiger partial charge in [0.05, 0.1) is 24.2 Å². The van der Waals surface area contributed by atoms with Crippen molar-refractivity contribution < 1.29 is 9.53 Å². The lowest BCUT2D eigenvalue weighted by Crippen LogP contribution is -2.12. The van der Waals surface area contributed by atoms with Crippen molar-refractivity contribution in [3.05, 3.63) is 65.9 Å². The van der Waals surface area contributed by atoms with Gasteiger partial charge in [-0.2, -0.15) is 0 Å². The van der Waals surface area contributed by atoms with E-state index in [9.17, 15) is 4.79 Å². The largest absolute Gasteiger partial charge is 0.383 e. The molecule has 0 unspecified atom stereocenters. The Morgan fingerprint density at radius 2 is 2.15 bits per heavy atom. The van der Waals surface area contributed by atoms with Crippen LogP contribution in [0.1, 0.15) is 10.5 Å². The van der Waals surface area contributed by atoms with E-state index in [0.717, 1.165) is 28.1 Å². The fourth-order valence-corrected chi connectivity index (χ4v) is 3.76. The van der Waals surface area contributed by atoms with Crippen LogP contribution in [-0.2, 0) is 11.3 Å². The molecule has 27 heavy (non-hydrogen) atoms. The van der Waals surface area contributed by atoms with Gasteiger partial charge >= 0.3 is 0 Å². The van der Waals surface area contributed by atoms with E-state index in [2.05, 4.69) is 38.1 Å². The number of fused-ring (bicyclic) bond motifs is 1. The van der Waals surface area contributed by atoms with Crippen molar-refractivity contribution in [3.63, 3.8) is 0 Å². The standard InChI is InChI=1S/C20H18N4O2S/c1-26-10-9-24-17-7-3-2-5-14(17)11-18(24)20-23-16(13-27-20)19(25)22-15-6-4-8-21-12-15/h2-8,11-13H,9-10H2,1H3,(H,22,25). The summed E-state index contributed by atoms with van der Waals surface area (Å²) in [4.78, 5) is 21.0. The van der Waals surface area contributed by atoms with Gasteiger partial charge in [0.1, 0.15) is 10.7 Å². The Morgan fingerprint density at radius 3 is 2.96 bits per heavy atom. The van der Waals surface area contributed by atoms with Crippen molar-refractivity contribution in [2.45, 2.75) is 6.54 Å². The number of aromatic nitrogens is 3. The van der Waals surface area contributed by atoms with Crippen molar-refractivity contribution in [1.82, 2.24) is 14.5 Å². The average Bonchev–Trinajstić information content (AvgIpc) is 3.32. The minimum Gasteiger partial charge on any atom is -0.383 e. The highest BCUT2D eigenvalue weighted by Gasteiger charge is 2.16. The van der Waals surface area contributed by atoms with Gasteiger partial charge < -0.3 is 14.6 Å². The molecule has 4 rings (SSSR count). The molecule has 0 fully saturated rings. The minimum absolute atomic E-state index is 0.245. The molecule has 0 radical (unpaired) electrons. The van der Waals surface area contributed by atoms with Crippen LogP contribution in [0, 0.1) is 0 Å². The summed E-state index contributed by atoms with van der Waals surface area (Å²) >= 11 is 1.46. The quantitative estimate of drug-likeness (QED) is 0.549. The van der Waals surface area contributed by atoms with Crippen LogP contribution in [0.15, 0.2) is 60.2 Å². The van der Waals surface area contributed by atoms with Gasteiger partial charge in [0.25, 0.3) is 5.91 Å². The number of anilines is 1. The van der Waals surface area contributed by atoms with E-state index >= 15 is 0 Å². The number of nitrogens with zero attached hydrogens (tertiary/aromatic N) is 3. The van der Waals surface area contributed by atoms with Crippen molar-refractivity contribution in [2.75, 3.05) is 19.0 Å². The third-order valence-electron chi connectivity index (χ3n) is 4.20. The van der Waals surface area contributed by atoms with Gasteiger partial charge in [0.2, 0.25) is 0 Å². The number of para-hydroxylation sites is 1. The Bertz CT molecular complexity index is 1070. The van der Waals surface area contributed by atoms with E-state index in [1.54, 1.807) is 37.0 Å². The first-order valence-corrected chi connectivity index (χ1v) is 9.38. The van der Waals surface area contributed by atoms with Crippen LogP contribution in [0.4, 0.5) is 5.69 Å². The summed E-state index contributed by atoms with van der Waals surface area (Å²) in [6.45, 7) is 1.32. The molecule has 3 aromatic heterocycles. The molecule has 0 bridgehead atoms. The van der Waals surface area contributed by atoms with Crippen LogP contribution in [0.25, 0.3) is 21.6 Å². The predicted molar refractivity (Wildman–Crippen MR) is 107 cm³/mol. The first kappa shape index (κ1) is 17.4. The Labute approximate surface area is 160 Å². The molecule has 0 aliphatic rings. The predicted octanol–water partition coefficient (Wildman–Crippen LogP) is 4.06. The average molecular weight is 378 g/mol. The fraction of sp³-hybridized carbons (Fsp3) is 0.150. The molecular weight excluding hydrogens is 360 g/mol. The molecule has 1 amide bonds. The molecule has 4 aromatic rings. The van der Waals surface area contributed by atoms with Gasteiger partial charge in [-0.1, -0.05) is 18.2 Å². The van der Waals surface area contributed by atoms with E-state index < -0.39 is 0 Å². The summed E-state index contributed by atoms with van der Waals surface area (Å²) < 4.78 is 7.44. The Balaban J connectivity index is 1.65. The zero-order valence-corrected chi connectivity index (χ0v) is 15.6. The molecule has 1 N–H and O–H groups in total. The first-order chi connectivity index (χ1) is 13.3. The van der Waals surface area contributed by atoms with Crippen molar-refractivity contribution >= 4 is 33.8 Å². The first-order valence-electron chi connectivity index (χ1n) is 8.51. The number of hydrogen-bond donors (Lipinski definition) is 1. The summed E-state index contributed by atoms with van der Waals surface area (Å²) in [5.74, 6) is -0.245. The molecule has 0 aliphatic carbocycles. The fourth-order valence-electron chi connectivity index (χ4n) is 2.94. The number of rotatable bonds is 6. The van der Waals surface area contributed by atoms with Gasteiger partial charge in [-0.05, 0) is 24.3 Å². The molecule has 0 aliphatic heterocycles. The van der Waals surface area contributed by atoms with Crippen molar-refractivity contribution in [1.29, 1.82) is 0 Å². The third kappa shape index (κ3) is 3.60. The SMILES string of the molecule is COCCn1c(-c2nc(C(=O)Nc3cccnc3)cs2)cc2ccccc21. The lowest BCUT2D eigenvalue weighted by Gasteiger charge is -2.08. The highest BCUT2D eigenvalue weighted by atomic mass is 32.1. The number of amides is 1. The molecule has 3 heterocycles. The summed E-state index contributed by atoms with van der Waals surface area (Å²) in [5.41, 5.74) is 3.15.